The molecule has 0 saturated heterocycles. The minimum absolute atomic E-state index is 0.00687. The smallest absolute Gasteiger partial charge is 0.384 e. The number of nitrogens with zero attached hydrogens (tertiary/aromatic N) is 5. The minimum Gasteiger partial charge on any atom is -0.384 e. The zero-order valence-electron chi connectivity index (χ0n) is 19.9. The third kappa shape index (κ3) is 7.52. The number of halogens is 11. The molecule has 218 valence electrons. The third-order valence-electron chi connectivity index (χ3n) is 5.07. The summed E-state index contributed by atoms with van der Waals surface area (Å²) in [5.41, 5.74) is 10.7. The highest BCUT2D eigenvalue weighted by molar-refractivity contribution is 9.08. The first kappa shape index (κ1) is 32.7. The van der Waals surface area contributed by atoms with Crippen molar-refractivity contribution < 1.29 is 26.3 Å². The second-order valence-electron chi connectivity index (χ2n) is 7.97. The van der Waals surface area contributed by atoms with Gasteiger partial charge in [-0.05, 0) is 24.3 Å². The van der Waals surface area contributed by atoms with Gasteiger partial charge < -0.3 is 16.3 Å². The van der Waals surface area contributed by atoms with E-state index in [1.807, 2.05) is 0 Å². The zero-order chi connectivity index (χ0) is 30.9. The molecular weight excluding hydrogens is 710 g/mol. The van der Waals surface area contributed by atoms with Crippen molar-refractivity contribution in [1.29, 1.82) is 0 Å². The van der Waals surface area contributed by atoms with Gasteiger partial charge in [-0.15, -0.1) is 0 Å². The van der Waals surface area contributed by atoms with Crippen LogP contribution in [0.5, 0.6) is 0 Å². The Morgan fingerprint density at radius 1 is 0.707 bits per heavy atom. The molecule has 18 heteroatoms. The number of anilines is 2. The molecule has 0 atom stereocenters. The summed E-state index contributed by atoms with van der Waals surface area (Å²) in [7, 11) is 0. The highest BCUT2D eigenvalue weighted by Gasteiger charge is 2.33. The molecule has 2 aromatic heterocycles. The van der Waals surface area contributed by atoms with Crippen molar-refractivity contribution in [3.63, 3.8) is 0 Å². The van der Waals surface area contributed by atoms with Gasteiger partial charge >= 0.3 is 12.4 Å². The molecule has 4 aromatic rings. The monoisotopic (exact) mass is 721 g/mol. The Hall–Kier alpha value is -2.83. The van der Waals surface area contributed by atoms with Crippen molar-refractivity contribution in [2.75, 3.05) is 11.5 Å². The number of benzene rings is 2. The Kier molecular flexibility index (Phi) is 10.0. The van der Waals surface area contributed by atoms with Gasteiger partial charge in [0.25, 0.3) is 6.54 Å². The number of alkyl halides is 7. The van der Waals surface area contributed by atoms with Crippen molar-refractivity contribution in [2.24, 2.45) is 0 Å². The van der Waals surface area contributed by atoms with Gasteiger partial charge in [0.15, 0.2) is 0 Å². The molecule has 4 rings (SSSR count). The van der Waals surface area contributed by atoms with Crippen molar-refractivity contribution in [3.8, 4) is 11.4 Å². The molecule has 4 N–H and O–H groups in total. The van der Waals surface area contributed by atoms with Crippen LogP contribution in [0.25, 0.3) is 16.2 Å². The Balaban J connectivity index is 0.000000226. The second-order valence-corrected chi connectivity index (χ2v) is 10.2. The average molecular weight is 724 g/mol. The van der Waals surface area contributed by atoms with E-state index < -0.39 is 23.5 Å². The Labute approximate surface area is 256 Å². The largest absolute Gasteiger partial charge is 0.416 e. The van der Waals surface area contributed by atoms with E-state index in [-0.39, 0.29) is 49.6 Å². The number of aromatic nitrogens is 4. The average Bonchev–Trinajstić information content (AvgIpc) is 3.39. The van der Waals surface area contributed by atoms with E-state index in [9.17, 15) is 26.3 Å². The molecule has 0 radical (unpaired) electrons. The van der Waals surface area contributed by atoms with Crippen molar-refractivity contribution in [2.45, 2.75) is 24.2 Å². The number of nitrogens with two attached hydrogens (primary N) is 2. The van der Waals surface area contributed by atoms with Gasteiger partial charge in [0, 0.05) is 17.5 Å². The molecule has 7 nitrogen and oxygen atoms in total. The SMILES string of the molecule is Nc1cc(CBr)nn1-c1c(Cl)cc(C(F)(F)F)cc1Cl.[C-]#[N+]Cc1cc(N)n(-c2c(Cl)cc(C(F)(F)F)cc2Cl)n1. The van der Waals surface area contributed by atoms with Crippen LogP contribution in [-0.4, -0.2) is 19.6 Å². The molecule has 0 bridgehead atoms. The molecule has 0 aliphatic rings. The molecule has 0 fully saturated rings. The van der Waals surface area contributed by atoms with Crippen LogP contribution < -0.4 is 11.5 Å². The quantitative estimate of drug-likeness (QED) is 0.125. The number of hydrogen-bond donors (Lipinski definition) is 2. The van der Waals surface area contributed by atoms with Gasteiger partial charge in [0.1, 0.15) is 28.7 Å². The molecule has 0 aliphatic heterocycles. The lowest BCUT2D eigenvalue weighted by molar-refractivity contribution is -0.138. The van der Waals surface area contributed by atoms with Gasteiger partial charge in [0.05, 0.1) is 36.9 Å². The molecule has 2 heterocycles. The fourth-order valence-corrected chi connectivity index (χ4v) is 4.91. The van der Waals surface area contributed by atoms with Crippen LogP contribution in [0, 0.1) is 6.57 Å². The Morgan fingerprint density at radius 2 is 1.05 bits per heavy atom. The van der Waals surface area contributed by atoms with Crippen molar-refractivity contribution >= 4 is 74.0 Å². The summed E-state index contributed by atoms with van der Waals surface area (Å²) in [4.78, 5) is 3.15. The second kappa shape index (κ2) is 12.6. The normalized spacial score (nSPS) is 11.7. The Morgan fingerprint density at radius 3 is 1.34 bits per heavy atom. The summed E-state index contributed by atoms with van der Waals surface area (Å²) >= 11 is 26.7. The summed E-state index contributed by atoms with van der Waals surface area (Å²) < 4.78 is 78.3. The first-order valence-electron chi connectivity index (χ1n) is 10.7. The van der Waals surface area contributed by atoms with Crippen LogP contribution in [0.1, 0.15) is 22.5 Å². The van der Waals surface area contributed by atoms with E-state index in [1.165, 1.54) is 10.7 Å². The third-order valence-corrected chi connectivity index (χ3v) is 6.79. The zero-order valence-corrected chi connectivity index (χ0v) is 24.5. The van der Waals surface area contributed by atoms with Crippen LogP contribution in [0.2, 0.25) is 20.1 Å². The van der Waals surface area contributed by atoms with Crippen LogP contribution in [0.4, 0.5) is 38.0 Å². The standard InChI is InChI=1S/C12H7Cl2F3N4.C11H7BrCl2F3N3/c1-19-5-7-4-10(18)21(20-7)11-8(13)2-6(3-9(11)14)12(15,16)17;12-4-6-3-9(18)20(19-6)10-7(13)1-5(2-8(10)14)11(15,16)17/h2-4H,5,18H2;1-3H,4,18H2. The van der Waals surface area contributed by atoms with E-state index in [2.05, 4.69) is 31.0 Å². The minimum atomic E-state index is -4.56. The lowest BCUT2D eigenvalue weighted by atomic mass is 10.2. The molecule has 0 aliphatic carbocycles. The van der Waals surface area contributed by atoms with Gasteiger partial charge in [-0.2, -0.15) is 36.5 Å². The molecule has 0 amide bonds. The van der Waals surface area contributed by atoms with Crippen LogP contribution in [-0.2, 0) is 24.2 Å². The molecule has 0 spiro atoms. The molecule has 0 unspecified atom stereocenters. The molecule has 41 heavy (non-hydrogen) atoms. The maximum absolute atomic E-state index is 12.7. The van der Waals surface area contributed by atoms with Crippen LogP contribution in [0.3, 0.4) is 0 Å². The molecular formula is C23H14BrCl4F6N7. The predicted molar refractivity (Wildman–Crippen MR) is 149 cm³/mol. The highest BCUT2D eigenvalue weighted by Crippen LogP contribution is 2.39. The highest BCUT2D eigenvalue weighted by atomic mass is 79.9. The van der Waals surface area contributed by atoms with Crippen molar-refractivity contribution in [3.05, 3.63) is 90.4 Å². The summed E-state index contributed by atoms with van der Waals surface area (Å²) in [6.45, 7) is 6.76. The van der Waals surface area contributed by atoms with E-state index >= 15 is 0 Å². The maximum atomic E-state index is 12.7. The summed E-state index contributed by atoms with van der Waals surface area (Å²) in [5.74, 6) is 0.347. The van der Waals surface area contributed by atoms with Crippen molar-refractivity contribution in [1.82, 2.24) is 19.6 Å². The number of hydrogen-bond acceptors (Lipinski definition) is 4. The fourth-order valence-electron chi connectivity index (χ4n) is 3.34. The predicted octanol–water partition coefficient (Wildman–Crippen LogP) is 8.87. The summed E-state index contributed by atoms with van der Waals surface area (Å²) in [6.07, 6.45) is -9.08. The van der Waals surface area contributed by atoms with E-state index in [0.717, 1.165) is 28.9 Å². The first-order valence-corrected chi connectivity index (χ1v) is 13.3. The lowest BCUT2D eigenvalue weighted by Crippen LogP contribution is -2.08. The summed E-state index contributed by atoms with van der Waals surface area (Å²) in [6, 6.07) is 6.08. The number of rotatable bonds is 4. The van der Waals surface area contributed by atoms with Crippen LogP contribution >= 0.6 is 62.3 Å². The first-order chi connectivity index (χ1) is 19.0. The van der Waals surface area contributed by atoms with Crippen LogP contribution in [0.15, 0.2) is 36.4 Å². The fraction of sp³-hybridized carbons (Fsp3) is 0.174. The van der Waals surface area contributed by atoms with E-state index in [0.29, 0.717) is 16.7 Å². The van der Waals surface area contributed by atoms with Gasteiger partial charge in [-0.3, -0.25) is 0 Å². The maximum Gasteiger partial charge on any atom is 0.416 e. The molecule has 2 aromatic carbocycles. The number of nitrogen functional groups attached to an aromatic ring is 2. The molecule has 0 saturated carbocycles. The van der Waals surface area contributed by atoms with E-state index in [1.54, 1.807) is 6.07 Å². The Bertz CT molecular complexity index is 1580. The van der Waals surface area contributed by atoms with Gasteiger partial charge in [0.2, 0.25) is 0 Å². The van der Waals surface area contributed by atoms with E-state index in [4.69, 9.17) is 64.4 Å². The topological polar surface area (TPSA) is 92.0 Å². The van der Waals surface area contributed by atoms with Gasteiger partial charge in [-0.25, -0.2) is 15.9 Å². The lowest BCUT2D eigenvalue weighted by Gasteiger charge is -2.13. The summed E-state index contributed by atoms with van der Waals surface area (Å²) in [5, 5.41) is 7.73. The van der Waals surface area contributed by atoms with Gasteiger partial charge in [-0.1, -0.05) is 62.3 Å².